The maximum absolute atomic E-state index is 9.04. The molecule has 0 saturated carbocycles. The summed E-state index contributed by atoms with van der Waals surface area (Å²) in [6, 6.07) is 0. The summed E-state index contributed by atoms with van der Waals surface area (Å²) in [5.41, 5.74) is 8.20. The number of primary amides is 2. The van der Waals surface area contributed by atoms with Crippen LogP contribution >= 0.6 is 0 Å². The number of carbonyl (C=O) groups excluding carboxylic acids is 2. The molecule has 0 rings (SSSR count). The molecule has 0 aromatic heterocycles. The van der Waals surface area contributed by atoms with Crippen molar-refractivity contribution in [3.63, 3.8) is 0 Å². The van der Waals surface area contributed by atoms with Gasteiger partial charge in [0.2, 0.25) is 0 Å². The van der Waals surface area contributed by atoms with E-state index >= 15 is 0 Å². The Morgan fingerprint density at radius 3 is 1.33 bits per heavy atom. The van der Waals surface area contributed by atoms with Gasteiger partial charge < -0.3 is 38.8 Å². The van der Waals surface area contributed by atoms with Gasteiger partial charge in [-0.3, -0.25) is 0 Å². The van der Waals surface area contributed by atoms with Crippen LogP contribution in [0.3, 0.4) is 0 Å². The molecule has 0 aliphatic rings. The first-order valence-corrected chi connectivity index (χ1v) is 1.80. The molecule has 0 spiro atoms. The fraction of sp³-hybridized carbons (Fsp3) is 0. The van der Waals surface area contributed by atoms with Gasteiger partial charge in [-0.15, -0.1) is 0 Å². The Morgan fingerprint density at radius 2 is 1.33 bits per heavy atom. The third kappa shape index (κ3) is 1360. The Bertz CT molecular complexity index is 77.8. The van der Waals surface area contributed by atoms with E-state index in [1.807, 2.05) is 0 Å². The van der Waals surface area contributed by atoms with E-state index < -0.39 is 11.3 Å². The molecule has 9 heavy (non-hydrogen) atoms. The summed E-state index contributed by atoms with van der Waals surface area (Å²) in [5.74, 6) is 0. The van der Waals surface area contributed by atoms with Crippen LogP contribution in [0.25, 0.3) is 0 Å². The van der Waals surface area contributed by atoms with Gasteiger partial charge in [-0.25, -0.2) is 0 Å². The van der Waals surface area contributed by atoms with Gasteiger partial charge in [0, 0.05) is 0 Å². The van der Waals surface area contributed by atoms with E-state index in [0.717, 1.165) is 0 Å². The van der Waals surface area contributed by atoms with Crippen LogP contribution in [0.4, 0.5) is 9.59 Å². The van der Waals surface area contributed by atoms with Crippen molar-refractivity contribution in [2.75, 3.05) is 0 Å². The Morgan fingerprint density at radius 1 is 1.33 bits per heavy atom. The van der Waals surface area contributed by atoms with E-state index in [1.54, 1.807) is 0 Å². The van der Waals surface area contributed by atoms with Crippen molar-refractivity contribution in [1.29, 1.82) is 0 Å². The predicted octanol–water partition coefficient (Wildman–Crippen LogP) is -2.10. The average molecular weight is 202 g/mol. The predicted molar refractivity (Wildman–Crippen MR) is 26.5 cm³/mol. The van der Waals surface area contributed by atoms with Crippen LogP contribution in [-0.4, -0.2) is 11.3 Å². The number of carboxylic acid groups (broad SMARTS) is 1. The molecule has 0 aliphatic heterocycles. The minimum absolute atomic E-state index is 0. The van der Waals surface area contributed by atoms with Gasteiger partial charge >= 0.3 is 19.5 Å². The Labute approximate surface area is 69.9 Å². The van der Waals surface area contributed by atoms with E-state index in [4.69, 9.17) is 14.7 Å². The molecule has 0 fully saturated rings. The third-order valence-corrected chi connectivity index (χ3v) is 0. The van der Waals surface area contributed by atoms with Gasteiger partial charge in [-0.1, -0.05) is 0 Å². The van der Waals surface area contributed by atoms with Crippen molar-refractivity contribution < 1.29 is 34.2 Å². The topological polar surface area (TPSA) is 109 Å². The van der Waals surface area contributed by atoms with Crippen molar-refractivity contribution in [3.8, 4) is 0 Å². The Hall–Kier alpha value is -0.417. The molecule has 0 unspecified atom stereocenters. The van der Waals surface area contributed by atoms with Crippen LogP contribution in [0.15, 0.2) is 0 Å². The van der Waals surface area contributed by atoms with Gasteiger partial charge in [-0.05, 0) is 0 Å². The van der Waals surface area contributed by atoms with Gasteiger partial charge in [0.25, 0.3) is 0 Å². The van der Waals surface area contributed by atoms with E-state index in [-0.39, 0.29) is 19.5 Å². The maximum Gasteiger partial charge on any atom is 2.00 e. The molecule has 0 radical (unpaired) electrons. The van der Waals surface area contributed by atoms with E-state index in [9.17, 15) is 0 Å². The van der Waals surface area contributed by atoms with E-state index in [0.29, 0.717) is 0 Å². The Balaban J connectivity index is -0.0000000720. The van der Waals surface area contributed by atoms with Crippen molar-refractivity contribution in [3.05, 3.63) is 0 Å². The maximum atomic E-state index is 9.04. The van der Waals surface area contributed by atoms with Gasteiger partial charge in [0.1, 0.15) is 6.09 Å². The van der Waals surface area contributed by atoms with Crippen molar-refractivity contribution in [1.82, 2.24) is 0 Å². The standard InChI is InChI=1S/CH3NO2.CH3NOS.Zn/c2*2-1(3)4;/h2H2,(H,3,4);(H3,2,3,4);/q;;+2/p-2. The molecular formula is C2H4N2O3SZn. The van der Waals surface area contributed by atoms with Crippen LogP contribution in [-0.2, 0) is 32.1 Å². The first kappa shape index (κ1) is 15.8. The first-order valence-electron chi connectivity index (χ1n) is 1.39. The second-order valence-electron chi connectivity index (χ2n) is 0.638. The van der Waals surface area contributed by atoms with Crippen LogP contribution in [0.2, 0.25) is 0 Å². The number of rotatable bonds is 0. The molecule has 7 heteroatoms. The Kier molecular flexibility index (Phi) is 18.5. The first-order chi connectivity index (χ1) is 3.46. The van der Waals surface area contributed by atoms with Crippen molar-refractivity contribution >= 4 is 24.0 Å². The zero-order valence-electron chi connectivity index (χ0n) is 4.49. The monoisotopic (exact) mass is 200 g/mol. The SMILES string of the molecule is NC(=O)[O-].NC(=O)[S-].[Zn+2]. The summed E-state index contributed by atoms with van der Waals surface area (Å²) in [6.45, 7) is 0. The smallest absolute Gasteiger partial charge is 0.719 e. The summed E-state index contributed by atoms with van der Waals surface area (Å²) in [7, 11) is 0. The largest absolute Gasteiger partial charge is 2.00 e. The molecule has 48 valence electrons. The normalized spacial score (nSPS) is 5.33. The summed E-state index contributed by atoms with van der Waals surface area (Å²) in [6.07, 6.45) is -1.58. The minimum atomic E-state index is -1.58. The molecule has 4 N–H and O–H groups in total. The van der Waals surface area contributed by atoms with Crippen LogP contribution in [0.5, 0.6) is 0 Å². The summed E-state index contributed by atoms with van der Waals surface area (Å²) in [5, 5.41) is 7.92. The number of amides is 2. The molecule has 0 bridgehead atoms. The van der Waals surface area contributed by atoms with Crippen molar-refractivity contribution in [2.45, 2.75) is 0 Å². The van der Waals surface area contributed by atoms with Gasteiger partial charge in [-0.2, -0.15) is 0 Å². The molecule has 0 aromatic rings. The molecule has 2 amide bonds. The van der Waals surface area contributed by atoms with Crippen LogP contribution in [0, 0.1) is 0 Å². The molecule has 0 aliphatic carbocycles. The van der Waals surface area contributed by atoms with Crippen LogP contribution < -0.4 is 16.6 Å². The molecule has 0 atom stereocenters. The number of nitrogens with two attached hydrogens (primary N) is 2. The molecule has 0 saturated heterocycles. The number of hydrogen-bond acceptors (Lipinski definition) is 4. The zero-order chi connectivity index (χ0) is 7.15. The second-order valence-corrected chi connectivity index (χ2v) is 1.04. The van der Waals surface area contributed by atoms with Gasteiger partial charge in [0.05, 0.1) is 5.24 Å². The molecular weight excluding hydrogens is 197 g/mol. The van der Waals surface area contributed by atoms with E-state index in [2.05, 4.69) is 24.1 Å². The minimum Gasteiger partial charge on any atom is -0.719 e. The molecule has 5 nitrogen and oxygen atoms in total. The molecule has 0 heterocycles. The summed E-state index contributed by atoms with van der Waals surface area (Å²) in [4.78, 5) is 17.7. The summed E-state index contributed by atoms with van der Waals surface area (Å²) < 4.78 is 0. The van der Waals surface area contributed by atoms with Crippen LogP contribution in [0.1, 0.15) is 0 Å². The zero-order valence-corrected chi connectivity index (χ0v) is 8.28. The quantitative estimate of drug-likeness (QED) is 0.345. The fourth-order valence-electron chi connectivity index (χ4n) is 0. The van der Waals surface area contributed by atoms with Gasteiger partial charge in [0.15, 0.2) is 0 Å². The van der Waals surface area contributed by atoms with Crippen molar-refractivity contribution in [2.24, 2.45) is 11.5 Å². The number of hydrogen-bond donors (Lipinski definition) is 2. The number of carbonyl (C=O) groups is 2. The summed E-state index contributed by atoms with van der Waals surface area (Å²) >= 11 is 3.76. The van der Waals surface area contributed by atoms with E-state index in [1.165, 1.54) is 0 Å². The second kappa shape index (κ2) is 10.5. The third-order valence-electron chi connectivity index (χ3n) is 0. The average Bonchev–Trinajstić information content (AvgIpc) is 1.25. The molecule has 0 aromatic carbocycles. The fourth-order valence-corrected chi connectivity index (χ4v) is 0.